The number of halogens is 1. The van der Waals surface area contributed by atoms with Crippen LogP contribution < -0.4 is 9.80 Å². The smallest absolute Gasteiger partial charge is 0.254 e. The molecule has 0 unspecified atom stereocenters. The number of hydrogen-bond acceptors (Lipinski definition) is 4. The van der Waals surface area contributed by atoms with Crippen molar-refractivity contribution in [3.05, 3.63) is 59.9 Å². The highest BCUT2D eigenvalue weighted by molar-refractivity contribution is 5.94. The highest BCUT2D eigenvalue weighted by Gasteiger charge is 2.23. The zero-order valence-electron chi connectivity index (χ0n) is 16.4. The number of anilines is 2. The molecule has 2 fully saturated rings. The van der Waals surface area contributed by atoms with Crippen molar-refractivity contribution in [2.24, 2.45) is 0 Å². The molecule has 5 nitrogen and oxygen atoms in total. The topological polar surface area (TPSA) is 30.0 Å². The molecule has 4 rings (SSSR count). The van der Waals surface area contributed by atoms with E-state index < -0.39 is 0 Å². The first-order valence-electron chi connectivity index (χ1n) is 9.93. The van der Waals surface area contributed by atoms with Crippen molar-refractivity contribution >= 4 is 17.3 Å². The molecule has 0 spiro atoms. The Balaban J connectivity index is 1.34. The predicted octanol–water partition coefficient (Wildman–Crippen LogP) is 2.54. The van der Waals surface area contributed by atoms with Gasteiger partial charge in [0.25, 0.3) is 5.91 Å². The number of carbonyl (C=O) groups is 1. The quantitative estimate of drug-likeness (QED) is 0.816. The van der Waals surface area contributed by atoms with Crippen LogP contribution in [0, 0.1) is 5.82 Å². The minimum absolute atomic E-state index is 0.0930. The van der Waals surface area contributed by atoms with Crippen LogP contribution in [0.15, 0.2) is 48.5 Å². The van der Waals surface area contributed by atoms with Crippen LogP contribution in [0.5, 0.6) is 0 Å². The molecule has 2 aromatic rings. The molecule has 2 saturated heterocycles. The third-order valence-corrected chi connectivity index (χ3v) is 5.72. The summed E-state index contributed by atoms with van der Waals surface area (Å²) >= 11 is 0. The molecular weight excluding hydrogens is 355 g/mol. The number of amides is 1. The van der Waals surface area contributed by atoms with E-state index in [-0.39, 0.29) is 11.7 Å². The molecular formula is C22H27FN4O. The van der Waals surface area contributed by atoms with Gasteiger partial charge in [0, 0.05) is 69.3 Å². The Morgan fingerprint density at radius 3 is 1.86 bits per heavy atom. The van der Waals surface area contributed by atoms with E-state index in [1.54, 1.807) is 12.1 Å². The number of benzene rings is 2. The Kier molecular flexibility index (Phi) is 5.48. The summed E-state index contributed by atoms with van der Waals surface area (Å²) in [5.74, 6) is -0.463. The average Bonchev–Trinajstić information content (AvgIpc) is 2.74. The van der Waals surface area contributed by atoms with Crippen LogP contribution in [-0.4, -0.2) is 75.1 Å². The Labute approximate surface area is 165 Å². The fourth-order valence-corrected chi connectivity index (χ4v) is 3.91. The van der Waals surface area contributed by atoms with Crippen LogP contribution in [0.1, 0.15) is 10.4 Å². The second-order valence-corrected chi connectivity index (χ2v) is 7.60. The first-order valence-corrected chi connectivity index (χ1v) is 9.93. The largest absolute Gasteiger partial charge is 0.369 e. The molecule has 0 bridgehead atoms. The molecule has 0 atom stereocenters. The van der Waals surface area contributed by atoms with Gasteiger partial charge in [0.05, 0.1) is 0 Å². The minimum atomic E-state index is -0.370. The normalized spacial score (nSPS) is 18.4. The van der Waals surface area contributed by atoms with E-state index in [4.69, 9.17) is 0 Å². The third-order valence-electron chi connectivity index (χ3n) is 5.72. The molecule has 0 aliphatic carbocycles. The third kappa shape index (κ3) is 4.12. The highest BCUT2D eigenvalue weighted by atomic mass is 19.1. The van der Waals surface area contributed by atoms with Gasteiger partial charge in [-0.3, -0.25) is 4.79 Å². The summed E-state index contributed by atoms with van der Waals surface area (Å²) in [6.07, 6.45) is 0. The van der Waals surface area contributed by atoms with Gasteiger partial charge in [0.15, 0.2) is 0 Å². The molecule has 28 heavy (non-hydrogen) atoms. The summed E-state index contributed by atoms with van der Waals surface area (Å²) in [7, 11) is 2.17. The van der Waals surface area contributed by atoms with E-state index in [0.717, 1.165) is 39.3 Å². The summed E-state index contributed by atoms with van der Waals surface area (Å²) in [5.41, 5.74) is 2.89. The zero-order valence-corrected chi connectivity index (χ0v) is 16.4. The standard InChI is InChI=1S/C22H27FN4O/c1-24-9-11-25(12-10-24)20-5-7-21(8-6-20)26-13-15-27(16-14-26)22(28)18-3-2-4-19(23)17-18/h2-8,17H,9-16H2,1H3. The molecule has 2 aliphatic rings. The minimum Gasteiger partial charge on any atom is -0.369 e. The van der Waals surface area contributed by atoms with Gasteiger partial charge in [-0.25, -0.2) is 4.39 Å². The molecule has 1 amide bonds. The Morgan fingerprint density at radius 2 is 1.32 bits per heavy atom. The van der Waals surface area contributed by atoms with E-state index in [2.05, 4.69) is 46.0 Å². The van der Waals surface area contributed by atoms with Gasteiger partial charge >= 0.3 is 0 Å². The lowest BCUT2D eigenvalue weighted by Crippen LogP contribution is -2.48. The SMILES string of the molecule is CN1CCN(c2ccc(N3CCN(C(=O)c4cccc(F)c4)CC3)cc2)CC1. The Morgan fingerprint density at radius 1 is 0.786 bits per heavy atom. The fourth-order valence-electron chi connectivity index (χ4n) is 3.91. The van der Waals surface area contributed by atoms with Gasteiger partial charge in [-0.1, -0.05) is 6.07 Å². The summed E-state index contributed by atoms with van der Waals surface area (Å²) in [6.45, 7) is 7.20. The average molecular weight is 382 g/mol. The lowest BCUT2D eigenvalue weighted by atomic mass is 10.1. The lowest BCUT2D eigenvalue weighted by molar-refractivity contribution is 0.0746. The number of hydrogen-bond donors (Lipinski definition) is 0. The van der Waals surface area contributed by atoms with Crippen molar-refractivity contribution in [1.29, 1.82) is 0 Å². The van der Waals surface area contributed by atoms with E-state index >= 15 is 0 Å². The van der Waals surface area contributed by atoms with Gasteiger partial charge in [0.2, 0.25) is 0 Å². The van der Waals surface area contributed by atoms with Crippen LogP contribution in [0.25, 0.3) is 0 Å². The first kappa shape index (κ1) is 18.7. The lowest BCUT2D eigenvalue weighted by Gasteiger charge is -2.37. The predicted molar refractivity (Wildman–Crippen MR) is 111 cm³/mol. The molecule has 2 aromatic carbocycles. The van der Waals surface area contributed by atoms with Crippen LogP contribution in [0.3, 0.4) is 0 Å². The van der Waals surface area contributed by atoms with Crippen molar-refractivity contribution in [3.8, 4) is 0 Å². The van der Waals surface area contributed by atoms with Crippen molar-refractivity contribution in [1.82, 2.24) is 9.80 Å². The van der Waals surface area contributed by atoms with Crippen molar-refractivity contribution < 1.29 is 9.18 Å². The van der Waals surface area contributed by atoms with Crippen molar-refractivity contribution in [2.45, 2.75) is 0 Å². The van der Waals surface area contributed by atoms with E-state index in [0.29, 0.717) is 18.7 Å². The van der Waals surface area contributed by atoms with Crippen LogP contribution in [-0.2, 0) is 0 Å². The Bertz CT molecular complexity index is 810. The first-order chi connectivity index (χ1) is 13.6. The molecule has 0 saturated carbocycles. The summed E-state index contributed by atoms with van der Waals surface area (Å²) < 4.78 is 13.4. The highest BCUT2D eigenvalue weighted by Crippen LogP contribution is 2.23. The molecule has 0 N–H and O–H groups in total. The van der Waals surface area contributed by atoms with Crippen LogP contribution in [0.2, 0.25) is 0 Å². The summed E-state index contributed by atoms with van der Waals surface area (Å²) in [6, 6.07) is 14.7. The van der Waals surface area contributed by atoms with Crippen molar-refractivity contribution in [3.63, 3.8) is 0 Å². The van der Waals surface area contributed by atoms with E-state index in [9.17, 15) is 9.18 Å². The zero-order chi connectivity index (χ0) is 19.5. The molecule has 2 heterocycles. The van der Waals surface area contributed by atoms with Crippen molar-refractivity contribution in [2.75, 3.05) is 69.2 Å². The molecule has 6 heteroatoms. The maximum absolute atomic E-state index is 13.4. The van der Waals surface area contributed by atoms with Crippen LogP contribution >= 0.6 is 0 Å². The molecule has 0 radical (unpaired) electrons. The van der Waals surface area contributed by atoms with E-state index in [1.807, 2.05) is 4.90 Å². The number of piperazine rings is 2. The number of likely N-dealkylation sites (N-methyl/N-ethyl adjacent to an activating group) is 1. The number of nitrogens with zero attached hydrogens (tertiary/aromatic N) is 4. The molecule has 2 aliphatic heterocycles. The maximum Gasteiger partial charge on any atom is 0.254 e. The number of carbonyl (C=O) groups excluding carboxylic acids is 1. The maximum atomic E-state index is 13.4. The van der Waals surface area contributed by atoms with Gasteiger partial charge in [-0.2, -0.15) is 0 Å². The van der Waals surface area contributed by atoms with Gasteiger partial charge in [0.1, 0.15) is 5.82 Å². The van der Waals surface area contributed by atoms with E-state index in [1.165, 1.54) is 23.5 Å². The van der Waals surface area contributed by atoms with Crippen LogP contribution in [0.4, 0.5) is 15.8 Å². The van der Waals surface area contributed by atoms with Gasteiger partial charge < -0.3 is 19.6 Å². The Hall–Kier alpha value is -2.60. The summed E-state index contributed by atoms with van der Waals surface area (Å²) in [4.78, 5) is 21.5. The summed E-state index contributed by atoms with van der Waals surface area (Å²) in [5, 5.41) is 0. The second-order valence-electron chi connectivity index (χ2n) is 7.60. The molecule has 148 valence electrons. The molecule has 0 aromatic heterocycles. The second kappa shape index (κ2) is 8.19. The number of rotatable bonds is 3. The van der Waals surface area contributed by atoms with Gasteiger partial charge in [-0.05, 0) is 49.5 Å². The monoisotopic (exact) mass is 382 g/mol. The fraction of sp³-hybridized carbons (Fsp3) is 0.409. The van der Waals surface area contributed by atoms with Gasteiger partial charge in [-0.15, -0.1) is 0 Å².